The number of aliphatic carboxylic acids is 1. The highest BCUT2D eigenvalue weighted by molar-refractivity contribution is 5.66. The lowest BCUT2D eigenvalue weighted by molar-refractivity contribution is -0.137. The molecule has 0 bridgehead atoms. The highest BCUT2D eigenvalue weighted by Crippen LogP contribution is 2.18. The van der Waals surface area contributed by atoms with Crippen LogP contribution in [0.5, 0.6) is 0 Å². The van der Waals surface area contributed by atoms with Crippen LogP contribution in [0.3, 0.4) is 0 Å². The lowest BCUT2D eigenvalue weighted by Crippen LogP contribution is -1.93. The smallest absolute Gasteiger partial charge is 0.303 e. The Kier molecular flexibility index (Phi) is 57.2. The lowest BCUT2D eigenvalue weighted by atomic mass is 10.0. The van der Waals surface area contributed by atoms with Crippen molar-refractivity contribution in [3.8, 4) is 0 Å². The summed E-state index contributed by atoms with van der Waals surface area (Å²) in [6.45, 7) is 6.90. The Morgan fingerprint density at radius 3 is 0.436 bits per heavy atom. The first kappa shape index (κ1) is 56.6. The molecule has 0 rings (SSSR count). The van der Waals surface area contributed by atoms with Crippen LogP contribution >= 0.6 is 0 Å². The highest BCUT2D eigenvalue weighted by atomic mass is 16.4. The maximum Gasteiger partial charge on any atom is 0.303 e. The van der Waals surface area contributed by atoms with Crippen molar-refractivity contribution in [1.29, 1.82) is 0 Å². The summed E-state index contributed by atoms with van der Waals surface area (Å²) in [5, 5.41) is 8.59. The molecule has 0 aromatic heterocycles. The minimum absolute atomic E-state index is 0.346. The standard InChI is InChI=1S/C27H56.C26H52O2/c1-3-5-7-9-11-13-15-17-19-21-23-25-27-26-24-22-20-18-16-14-12-10-8-6-4-2;1-2-3-4-5-6-7-8-9-10-11-12-13-14-15-16-17-18-19-20-21-22-23-24-25-26(27)28/h3-27H2,1-2H3;2-25H2,1H3,(H,27,28). The molecule has 0 atom stereocenters. The summed E-state index contributed by atoms with van der Waals surface area (Å²) < 4.78 is 0. The van der Waals surface area contributed by atoms with E-state index in [1.807, 2.05) is 0 Å². The van der Waals surface area contributed by atoms with Gasteiger partial charge in [0.25, 0.3) is 0 Å². The Hall–Kier alpha value is -0.530. The average molecular weight is 777 g/mol. The van der Waals surface area contributed by atoms with E-state index in [0.717, 1.165) is 12.8 Å². The Morgan fingerprint density at radius 2 is 0.327 bits per heavy atom. The van der Waals surface area contributed by atoms with E-state index in [1.54, 1.807) is 0 Å². The zero-order chi connectivity index (χ0) is 40.2. The average Bonchev–Trinajstić information content (AvgIpc) is 3.18. The molecule has 0 unspecified atom stereocenters. The van der Waals surface area contributed by atoms with Crippen LogP contribution < -0.4 is 0 Å². The van der Waals surface area contributed by atoms with E-state index < -0.39 is 5.97 Å². The minimum atomic E-state index is -0.650. The number of hydrogen-bond acceptors (Lipinski definition) is 1. The van der Waals surface area contributed by atoms with Gasteiger partial charge in [-0.25, -0.2) is 0 Å². The van der Waals surface area contributed by atoms with Gasteiger partial charge in [-0.05, 0) is 6.42 Å². The summed E-state index contributed by atoms with van der Waals surface area (Å²) in [6.07, 6.45) is 68.9. The van der Waals surface area contributed by atoms with Gasteiger partial charge in [0.05, 0.1) is 0 Å². The van der Waals surface area contributed by atoms with Crippen LogP contribution in [0.1, 0.15) is 335 Å². The molecule has 332 valence electrons. The van der Waals surface area contributed by atoms with Crippen LogP contribution in [0.25, 0.3) is 0 Å². The van der Waals surface area contributed by atoms with E-state index in [-0.39, 0.29) is 0 Å². The molecule has 2 heteroatoms. The molecule has 2 nitrogen and oxygen atoms in total. The van der Waals surface area contributed by atoms with Crippen LogP contribution in [-0.4, -0.2) is 11.1 Å². The van der Waals surface area contributed by atoms with E-state index in [0.29, 0.717) is 6.42 Å². The second kappa shape index (κ2) is 55.6. The third-order valence-electron chi connectivity index (χ3n) is 12.2. The van der Waals surface area contributed by atoms with Crippen molar-refractivity contribution >= 4 is 5.97 Å². The van der Waals surface area contributed by atoms with E-state index in [2.05, 4.69) is 20.8 Å². The predicted molar refractivity (Wildman–Crippen MR) is 251 cm³/mol. The van der Waals surface area contributed by atoms with E-state index >= 15 is 0 Å². The van der Waals surface area contributed by atoms with Gasteiger partial charge in [0, 0.05) is 6.42 Å². The zero-order valence-corrected chi connectivity index (χ0v) is 39.0. The fourth-order valence-electron chi connectivity index (χ4n) is 8.27. The molecular weight excluding hydrogens is 669 g/mol. The molecule has 55 heavy (non-hydrogen) atoms. The second-order valence-corrected chi connectivity index (χ2v) is 18.1. The molecular formula is C53H108O2. The SMILES string of the molecule is CCCCCCCCCCCCCCCCCCCCCCCCCC(=O)O.CCCCCCCCCCCCCCCCCCCCCCCCCCC. The largest absolute Gasteiger partial charge is 0.481 e. The Balaban J connectivity index is 0. The van der Waals surface area contributed by atoms with Crippen molar-refractivity contribution in [1.82, 2.24) is 0 Å². The molecule has 0 heterocycles. The maximum atomic E-state index is 10.4. The molecule has 0 aliphatic rings. The maximum absolute atomic E-state index is 10.4. The molecule has 0 aromatic rings. The van der Waals surface area contributed by atoms with Gasteiger partial charge in [-0.15, -0.1) is 0 Å². The summed E-state index contributed by atoms with van der Waals surface area (Å²) in [7, 11) is 0. The van der Waals surface area contributed by atoms with Crippen molar-refractivity contribution in [2.24, 2.45) is 0 Å². The first-order valence-corrected chi connectivity index (χ1v) is 26.4. The second-order valence-electron chi connectivity index (χ2n) is 18.1. The fraction of sp³-hybridized carbons (Fsp3) is 0.981. The van der Waals surface area contributed by atoms with Crippen LogP contribution in [0.2, 0.25) is 0 Å². The molecule has 0 amide bonds. The molecule has 0 radical (unpaired) electrons. The molecule has 0 fully saturated rings. The quantitative estimate of drug-likeness (QED) is 0.0625. The Morgan fingerprint density at radius 1 is 0.218 bits per heavy atom. The van der Waals surface area contributed by atoms with Crippen LogP contribution in [-0.2, 0) is 4.79 Å². The number of rotatable bonds is 48. The van der Waals surface area contributed by atoms with Crippen LogP contribution in [0.4, 0.5) is 0 Å². The minimum Gasteiger partial charge on any atom is -0.481 e. The monoisotopic (exact) mass is 777 g/mol. The molecule has 0 saturated carbocycles. The van der Waals surface area contributed by atoms with E-state index in [1.165, 1.54) is 295 Å². The lowest BCUT2D eigenvalue weighted by Gasteiger charge is -2.04. The third kappa shape index (κ3) is 60.3. The fourth-order valence-corrected chi connectivity index (χ4v) is 8.27. The van der Waals surface area contributed by atoms with Crippen LogP contribution in [0, 0.1) is 0 Å². The first-order chi connectivity index (χ1) is 27.2. The summed E-state index contributed by atoms with van der Waals surface area (Å²) in [6, 6.07) is 0. The van der Waals surface area contributed by atoms with Gasteiger partial charge in [-0.2, -0.15) is 0 Å². The van der Waals surface area contributed by atoms with Gasteiger partial charge in [0.2, 0.25) is 0 Å². The predicted octanol–water partition coefficient (Wildman–Crippen LogP) is 20.2. The van der Waals surface area contributed by atoms with Gasteiger partial charge in [-0.1, -0.05) is 323 Å². The van der Waals surface area contributed by atoms with E-state index in [4.69, 9.17) is 5.11 Å². The number of hydrogen-bond donors (Lipinski definition) is 1. The summed E-state index contributed by atoms with van der Waals surface area (Å²) >= 11 is 0. The van der Waals surface area contributed by atoms with Crippen molar-refractivity contribution in [3.05, 3.63) is 0 Å². The number of carbonyl (C=O) groups is 1. The third-order valence-corrected chi connectivity index (χ3v) is 12.2. The molecule has 0 aromatic carbocycles. The van der Waals surface area contributed by atoms with E-state index in [9.17, 15) is 4.79 Å². The number of unbranched alkanes of at least 4 members (excludes halogenated alkanes) is 46. The van der Waals surface area contributed by atoms with Gasteiger partial charge in [0.15, 0.2) is 0 Å². The number of carboxylic acids is 1. The summed E-state index contributed by atoms with van der Waals surface area (Å²) in [4.78, 5) is 10.4. The summed E-state index contributed by atoms with van der Waals surface area (Å²) in [5.74, 6) is -0.650. The Bertz CT molecular complexity index is 620. The van der Waals surface area contributed by atoms with Crippen molar-refractivity contribution in [3.63, 3.8) is 0 Å². The number of carboxylic acid groups (broad SMARTS) is 1. The first-order valence-electron chi connectivity index (χ1n) is 26.4. The van der Waals surface area contributed by atoms with Gasteiger partial charge < -0.3 is 5.11 Å². The van der Waals surface area contributed by atoms with Gasteiger partial charge >= 0.3 is 5.97 Å². The molecule has 0 aliphatic heterocycles. The van der Waals surface area contributed by atoms with Gasteiger partial charge in [0.1, 0.15) is 0 Å². The van der Waals surface area contributed by atoms with Crippen molar-refractivity contribution in [2.75, 3.05) is 0 Å². The Labute approximate surface area is 350 Å². The highest BCUT2D eigenvalue weighted by Gasteiger charge is 1.99. The van der Waals surface area contributed by atoms with Crippen molar-refractivity contribution in [2.45, 2.75) is 335 Å². The molecule has 0 aliphatic carbocycles. The summed E-state index contributed by atoms with van der Waals surface area (Å²) in [5.41, 5.74) is 0. The van der Waals surface area contributed by atoms with Crippen molar-refractivity contribution < 1.29 is 9.90 Å². The van der Waals surface area contributed by atoms with Crippen LogP contribution in [0.15, 0.2) is 0 Å². The molecule has 0 spiro atoms. The molecule has 0 saturated heterocycles. The van der Waals surface area contributed by atoms with Gasteiger partial charge in [-0.3, -0.25) is 4.79 Å². The topological polar surface area (TPSA) is 37.3 Å². The zero-order valence-electron chi connectivity index (χ0n) is 39.0. The normalized spacial score (nSPS) is 11.3. The molecule has 1 N–H and O–H groups in total.